The van der Waals surface area contributed by atoms with Crippen molar-refractivity contribution in [3.05, 3.63) is 56.7 Å². The number of benzene rings is 1. The standard InChI is InChI=1S/C17H16Cl2N4O4/c18-14-3-2-13(9-15(14)19)27-11-17(24)22-7-5-21(6-8-22)16-4-1-12(10-20-16)23(25)26/h1-4,9-10H,5-8,11H2. The van der Waals surface area contributed by atoms with Crippen molar-refractivity contribution < 1.29 is 14.5 Å². The van der Waals surface area contributed by atoms with Gasteiger partial charge in [-0.2, -0.15) is 0 Å². The van der Waals surface area contributed by atoms with Gasteiger partial charge in [0.15, 0.2) is 6.61 Å². The summed E-state index contributed by atoms with van der Waals surface area (Å²) in [4.78, 5) is 30.3. The maximum absolute atomic E-state index is 12.3. The van der Waals surface area contributed by atoms with E-state index in [0.29, 0.717) is 47.8 Å². The van der Waals surface area contributed by atoms with Crippen LogP contribution in [0.25, 0.3) is 0 Å². The Bertz CT molecular complexity index is 839. The smallest absolute Gasteiger partial charge is 0.287 e. The normalized spacial score (nSPS) is 14.1. The van der Waals surface area contributed by atoms with Crippen LogP contribution in [0.3, 0.4) is 0 Å². The number of hydrogen-bond donors (Lipinski definition) is 0. The van der Waals surface area contributed by atoms with E-state index in [1.54, 1.807) is 29.2 Å². The first kappa shape index (κ1) is 19.2. The molecular formula is C17H16Cl2N4O4. The van der Waals surface area contributed by atoms with Crippen LogP contribution in [0.2, 0.25) is 10.0 Å². The molecule has 0 bridgehead atoms. The molecule has 142 valence electrons. The van der Waals surface area contributed by atoms with Crippen molar-refractivity contribution >= 4 is 40.6 Å². The fraction of sp³-hybridized carbons (Fsp3) is 0.294. The lowest BCUT2D eigenvalue weighted by atomic mass is 10.3. The van der Waals surface area contributed by atoms with Gasteiger partial charge in [0, 0.05) is 38.3 Å². The van der Waals surface area contributed by atoms with Crippen molar-refractivity contribution in [2.75, 3.05) is 37.7 Å². The van der Waals surface area contributed by atoms with Crippen LogP contribution in [-0.2, 0) is 4.79 Å². The maximum Gasteiger partial charge on any atom is 0.287 e. The second kappa shape index (κ2) is 8.41. The minimum Gasteiger partial charge on any atom is -0.484 e. The Morgan fingerprint density at radius 1 is 1.15 bits per heavy atom. The largest absolute Gasteiger partial charge is 0.484 e. The van der Waals surface area contributed by atoms with E-state index in [4.69, 9.17) is 27.9 Å². The molecule has 1 aromatic carbocycles. The van der Waals surface area contributed by atoms with Gasteiger partial charge in [-0.15, -0.1) is 0 Å². The van der Waals surface area contributed by atoms with E-state index in [2.05, 4.69) is 4.98 Å². The molecule has 2 aromatic rings. The Kier molecular flexibility index (Phi) is 5.98. The Balaban J connectivity index is 1.50. The molecule has 1 saturated heterocycles. The summed E-state index contributed by atoms with van der Waals surface area (Å²) in [7, 11) is 0. The van der Waals surface area contributed by atoms with Crippen LogP contribution in [0.4, 0.5) is 11.5 Å². The molecule has 1 aliphatic heterocycles. The summed E-state index contributed by atoms with van der Waals surface area (Å²) in [5, 5.41) is 11.5. The minimum atomic E-state index is -0.485. The Morgan fingerprint density at radius 2 is 1.89 bits per heavy atom. The first-order valence-corrected chi connectivity index (χ1v) is 8.90. The quantitative estimate of drug-likeness (QED) is 0.555. The van der Waals surface area contributed by atoms with Crippen molar-refractivity contribution in [3.63, 3.8) is 0 Å². The number of amides is 1. The second-order valence-corrected chi connectivity index (χ2v) is 6.68. The van der Waals surface area contributed by atoms with Crippen molar-refractivity contribution in [1.82, 2.24) is 9.88 Å². The second-order valence-electron chi connectivity index (χ2n) is 5.86. The molecule has 0 atom stereocenters. The predicted octanol–water partition coefficient (Wildman–Crippen LogP) is 3.02. The highest BCUT2D eigenvalue weighted by molar-refractivity contribution is 6.42. The van der Waals surface area contributed by atoms with Crippen LogP contribution in [0.15, 0.2) is 36.5 Å². The van der Waals surface area contributed by atoms with Gasteiger partial charge in [0.1, 0.15) is 17.8 Å². The first-order chi connectivity index (χ1) is 12.9. The van der Waals surface area contributed by atoms with Gasteiger partial charge in [-0.3, -0.25) is 14.9 Å². The highest BCUT2D eigenvalue weighted by Gasteiger charge is 2.22. The summed E-state index contributed by atoms with van der Waals surface area (Å²) in [6.45, 7) is 2.12. The maximum atomic E-state index is 12.3. The van der Waals surface area contributed by atoms with E-state index in [1.807, 2.05) is 4.90 Å². The fourth-order valence-electron chi connectivity index (χ4n) is 2.66. The molecule has 2 heterocycles. The SMILES string of the molecule is O=C(COc1ccc(Cl)c(Cl)c1)N1CCN(c2ccc([N+](=O)[O-])cn2)CC1. The summed E-state index contributed by atoms with van der Waals surface area (Å²) >= 11 is 11.8. The highest BCUT2D eigenvalue weighted by atomic mass is 35.5. The van der Waals surface area contributed by atoms with Crippen molar-refractivity contribution in [3.8, 4) is 5.75 Å². The number of halogens is 2. The molecule has 1 aliphatic rings. The van der Waals surface area contributed by atoms with Crippen LogP contribution < -0.4 is 9.64 Å². The van der Waals surface area contributed by atoms with Crippen LogP contribution in [-0.4, -0.2) is 53.5 Å². The lowest BCUT2D eigenvalue weighted by Gasteiger charge is -2.35. The van der Waals surface area contributed by atoms with E-state index >= 15 is 0 Å². The number of rotatable bonds is 5. The van der Waals surface area contributed by atoms with Gasteiger partial charge in [0.05, 0.1) is 15.0 Å². The summed E-state index contributed by atoms with van der Waals surface area (Å²) in [6, 6.07) is 7.86. The zero-order valence-corrected chi connectivity index (χ0v) is 15.7. The molecular weight excluding hydrogens is 395 g/mol. The molecule has 27 heavy (non-hydrogen) atoms. The summed E-state index contributed by atoms with van der Waals surface area (Å²) in [5.74, 6) is 1.00. The molecule has 0 N–H and O–H groups in total. The molecule has 0 unspecified atom stereocenters. The van der Waals surface area contributed by atoms with Crippen molar-refractivity contribution in [1.29, 1.82) is 0 Å². The topological polar surface area (TPSA) is 88.8 Å². The molecule has 3 rings (SSSR count). The summed E-state index contributed by atoms with van der Waals surface area (Å²) in [6.07, 6.45) is 1.23. The van der Waals surface area contributed by atoms with Crippen molar-refractivity contribution in [2.45, 2.75) is 0 Å². The van der Waals surface area contributed by atoms with E-state index < -0.39 is 4.92 Å². The molecule has 1 amide bonds. The molecule has 1 aromatic heterocycles. The number of carbonyl (C=O) groups excluding carboxylic acids is 1. The number of nitrogens with zero attached hydrogens (tertiary/aromatic N) is 4. The number of aromatic nitrogens is 1. The third kappa shape index (κ3) is 4.78. The average molecular weight is 411 g/mol. The molecule has 0 spiro atoms. The van der Waals surface area contributed by atoms with Crippen LogP contribution >= 0.6 is 23.2 Å². The number of ether oxygens (including phenoxy) is 1. The Hall–Kier alpha value is -2.58. The lowest BCUT2D eigenvalue weighted by molar-refractivity contribution is -0.385. The van der Waals surface area contributed by atoms with Crippen molar-refractivity contribution in [2.24, 2.45) is 0 Å². The van der Waals surface area contributed by atoms with E-state index in [9.17, 15) is 14.9 Å². The van der Waals surface area contributed by atoms with Gasteiger partial charge in [-0.25, -0.2) is 4.98 Å². The number of anilines is 1. The van der Waals surface area contributed by atoms with Gasteiger partial charge >= 0.3 is 0 Å². The van der Waals surface area contributed by atoms with E-state index in [-0.39, 0.29) is 18.2 Å². The zero-order chi connectivity index (χ0) is 19.4. The molecule has 0 radical (unpaired) electrons. The predicted molar refractivity (Wildman–Crippen MR) is 102 cm³/mol. The Morgan fingerprint density at radius 3 is 2.48 bits per heavy atom. The van der Waals surface area contributed by atoms with Gasteiger partial charge in [0.25, 0.3) is 11.6 Å². The summed E-state index contributed by atoms with van der Waals surface area (Å²) in [5.41, 5.74) is -0.0491. The monoisotopic (exact) mass is 410 g/mol. The zero-order valence-electron chi connectivity index (χ0n) is 14.2. The molecule has 8 nitrogen and oxygen atoms in total. The average Bonchev–Trinajstić information content (AvgIpc) is 2.69. The highest BCUT2D eigenvalue weighted by Crippen LogP contribution is 2.26. The van der Waals surface area contributed by atoms with Gasteiger partial charge in [0.2, 0.25) is 0 Å². The third-order valence-corrected chi connectivity index (χ3v) is 4.89. The molecule has 10 heteroatoms. The van der Waals surface area contributed by atoms with Crippen LogP contribution in [0.1, 0.15) is 0 Å². The summed E-state index contributed by atoms with van der Waals surface area (Å²) < 4.78 is 5.48. The first-order valence-electron chi connectivity index (χ1n) is 8.15. The lowest BCUT2D eigenvalue weighted by Crippen LogP contribution is -2.50. The van der Waals surface area contributed by atoms with E-state index in [1.165, 1.54) is 12.3 Å². The van der Waals surface area contributed by atoms with Gasteiger partial charge in [-0.05, 0) is 18.2 Å². The fourth-order valence-corrected chi connectivity index (χ4v) is 2.95. The Labute approximate surface area is 165 Å². The van der Waals surface area contributed by atoms with E-state index in [0.717, 1.165) is 0 Å². The van der Waals surface area contributed by atoms with Gasteiger partial charge in [-0.1, -0.05) is 23.2 Å². The van der Waals surface area contributed by atoms with Crippen LogP contribution in [0.5, 0.6) is 5.75 Å². The third-order valence-electron chi connectivity index (χ3n) is 4.15. The number of nitro groups is 1. The molecule has 0 saturated carbocycles. The van der Waals surface area contributed by atoms with Crippen LogP contribution in [0, 0.1) is 10.1 Å². The molecule has 1 fully saturated rings. The number of hydrogen-bond acceptors (Lipinski definition) is 6. The van der Waals surface area contributed by atoms with Gasteiger partial charge < -0.3 is 14.5 Å². The molecule has 0 aliphatic carbocycles. The number of carbonyl (C=O) groups is 1. The number of piperazine rings is 1. The minimum absolute atomic E-state index is 0.0491. The number of pyridine rings is 1.